The summed E-state index contributed by atoms with van der Waals surface area (Å²) < 4.78 is 5.32. The number of nitrogens with zero attached hydrogens (tertiary/aromatic N) is 1. The van der Waals surface area contributed by atoms with Gasteiger partial charge in [0.05, 0.1) is 13.2 Å². The van der Waals surface area contributed by atoms with E-state index in [1.807, 2.05) is 55.5 Å². The van der Waals surface area contributed by atoms with Crippen LogP contribution < -0.4 is 10.1 Å². The molecule has 0 fully saturated rings. The maximum atomic E-state index is 9.36. The Labute approximate surface area is 119 Å². The van der Waals surface area contributed by atoms with Crippen molar-refractivity contribution in [3.8, 4) is 11.8 Å². The van der Waals surface area contributed by atoms with Crippen molar-refractivity contribution < 1.29 is 4.74 Å². The Hall–Kier alpha value is -2.31. The van der Waals surface area contributed by atoms with Crippen LogP contribution in [0.15, 0.2) is 48.5 Å². The lowest BCUT2D eigenvalue weighted by molar-refractivity contribution is 0.407. The quantitative estimate of drug-likeness (QED) is 0.902. The summed E-state index contributed by atoms with van der Waals surface area (Å²) in [6.45, 7) is 2.61. The second kappa shape index (κ2) is 6.74. The van der Waals surface area contributed by atoms with Crippen molar-refractivity contribution in [2.75, 3.05) is 7.11 Å². The summed E-state index contributed by atoms with van der Waals surface area (Å²) in [5.74, 6) is 0.835. The summed E-state index contributed by atoms with van der Waals surface area (Å²) >= 11 is 0. The average Bonchev–Trinajstić information content (AvgIpc) is 2.50. The number of ether oxygens (including phenoxy) is 1. The van der Waals surface area contributed by atoms with Crippen LogP contribution in [0.25, 0.3) is 0 Å². The van der Waals surface area contributed by atoms with Crippen molar-refractivity contribution in [2.24, 2.45) is 0 Å². The van der Waals surface area contributed by atoms with Gasteiger partial charge in [-0.1, -0.05) is 42.5 Å². The molecular formula is C17H18N2O. The maximum absolute atomic E-state index is 9.36. The molecule has 20 heavy (non-hydrogen) atoms. The summed E-state index contributed by atoms with van der Waals surface area (Å²) in [7, 11) is 1.65. The molecule has 0 aliphatic rings. The van der Waals surface area contributed by atoms with Crippen LogP contribution in [-0.2, 0) is 6.54 Å². The zero-order valence-electron chi connectivity index (χ0n) is 11.8. The molecule has 0 spiro atoms. The van der Waals surface area contributed by atoms with Crippen LogP contribution in [0.2, 0.25) is 0 Å². The minimum absolute atomic E-state index is 0.318. The van der Waals surface area contributed by atoms with E-state index in [-0.39, 0.29) is 6.04 Å². The second-order valence-corrected chi connectivity index (χ2v) is 4.61. The first kappa shape index (κ1) is 14.1. The van der Waals surface area contributed by atoms with Gasteiger partial charge in [-0.2, -0.15) is 5.26 Å². The van der Waals surface area contributed by atoms with Gasteiger partial charge in [-0.3, -0.25) is 5.32 Å². The van der Waals surface area contributed by atoms with E-state index >= 15 is 0 Å². The van der Waals surface area contributed by atoms with E-state index in [2.05, 4.69) is 11.4 Å². The van der Waals surface area contributed by atoms with Gasteiger partial charge in [-0.05, 0) is 24.1 Å². The Kier molecular flexibility index (Phi) is 4.75. The van der Waals surface area contributed by atoms with Gasteiger partial charge in [0.2, 0.25) is 0 Å². The molecule has 0 amide bonds. The summed E-state index contributed by atoms with van der Waals surface area (Å²) in [5, 5.41) is 12.6. The topological polar surface area (TPSA) is 45.0 Å². The van der Waals surface area contributed by atoms with Gasteiger partial charge in [-0.25, -0.2) is 0 Å². The monoisotopic (exact) mass is 266 g/mol. The van der Waals surface area contributed by atoms with Crippen LogP contribution in [-0.4, -0.2) is 7.11 Å². The molecule has 0 bridgehead atoms. The zero-order valence-corrected chi connectivity index (χ0v) is 11.8. The van der Waals surface area contributed by atoms with E-state index in [9.17, 15) is 5.26 Å². The highest BCUT2D eigenvalue weighted by Crippen LogP contribution is 2.20. The van der Waals surface area contributed by atoms with Crippen LogP contribution in [0, 0.1) is 18.3 Å². The summed E-state index contributed by atoms with van der Waals surface area (Å²) in [6.07, 6.45) is 0. The van der Waals surface area contributed by atoms with E-state index in [0.29, 0.717) is 6.54 Å². The summed E-state index contributed by atoms with van der Waals surface area (Å²) in [4.78, 5) is 0. The fourth-order valence-electron chi connectivity index (χ4n) is 2.20. The predicted molar refractivity (Wildman–Crippen MR) is 79.4 cm³/mol. The first-order chi connectivity index (χ1) is 9.76. The van der Waals surface area contributed by atoms with E-state index in [1.165, 1.54) is 0 Å². The number of methoxy groups -OCH3 is 1. The van der Waals surface area contributed by atoms with Crippen LogP contribution >= 0.6 is 0 Å². The highest BCUT2D eigenvalue weighted by molar-refractivity contribution is 5.35. The van der Waals surface area contributed by atoms with E-state index in [4.69, 9.17) is 4.74 Å². The number of nitriles is 1. The minimum atomic E-state index is -0.318. The van der Waals surface area contributed by atoms with Crippen molar-refractivity contribution in [1.82, 2.24) is 5.32 Å². The molecule has 0 heterocycles. The van der Waals surface area contributed by atoms with Crippen molar-refractivity contribution in [3.05, 3.63) is 65.2 Å². The molecule has 3 nitrogen and oxygen atoms in total. The normalized spacial score (nSPS) is 11.7. The third kappa shape index (κ3) is 3.17. The molecule has 2 aromatic rings. The highest BCUT2D eigenvalue weighted by Gasteiger charge is 2.12. The van der Waals surface area contributed by atoms with Gasteiger partial charge in [0.25, 0.3) is 0 Å². The summed E-state index contributed by atoms with van der Waals surface area (Å²) in [6, 6.07) is 17.8. The average molecular weight is 266 g/mol. The Morgan fingerprint density at radius 2 is 1.85 bits per heavy atom. The van der Waals surface area contributed by atoms with Gasteiger partial charge < -0.3 is 4.74 Å². The fraction of sp³-hybridized carbons (Fsp3) is 0.235. The molecular weight excluding hydrogens is 248 g/mol. The number of nitrogens with one attached hydrogen (secondary N) is 1. The van der Waals surface area contributed by atoms with Crippen molar-refractivity contribution in [1.29, 1.82) is 5.26 Å². The molecule has 102 valence electrons. The van der Waals surface area contributed by atoms with Crippen LogP contribution in [0.4, 0.5) is 0 Å². The first-order valence-electron chi connectivity index (χ1n) is 6.56. The standard InChI is InChI=1S/C17H18N2O/c1-13-7-3-5-9-15(13)16(11-18)19-12-14-8-4-6-10-17(14)20-2/h3-10,16,19H,12H2,1-2H3. The highest BCUT2D eigenvalue weighted by atomic mass is 16.5. The van der Waals surface area contributed by atoms with E-state index in [1.54, 1.807) is 7.11 Å². The first-order valence-corrected chi connectivity index (χ1v) is 6.56. The SMILES string of the molecule is COc1ccccc1CNC(C#N)c1ccccc1C. The zero-order chi connectivity index (χ0) is 14.4. The number of benzene rings is 2. The fourth-order valence-corrected chi connectivity index (χ4v) is 2.20. The number of rotatable bonds is 5. The van der Waals surface area contributed by atoms with E-state index < -0.39 is 0 Å². The Bertz CT molecular complexity index is 616. The van der Waals surface area contributed by atoms with Crippen LogP contribution in [0.5, 0.6) is 5.75 Å². The van der Waals surface area contributed by atoms with Crippen molar-refractivity contribution in [3.63, 3.8) is 0 Å². The Balaban J connectivity index is 2.13. The molecule has 2 aromatic carbocycles. The molecule has 0 aromatic heterocycles. The third-order valence-corrected chi connectivity index (χ3v) is 3.32. The third-order valence-electron chi connectivity index (χ3n) is 3.32. The lowest BCUT2D eigenvalue weighted by atomic mass is 10.0. The number of hydrogen-bond donors (Lipinski definition) is 1. The molecule has 1 unspecified atom stereocenters. The molecule has 0 aliphatic heterocycles. The Morgan fingerprint density at radius 3 is 2.55 bits per heavy atom. The number of para-hydroxylation sites is 1. The summed E-state index contributed by atoms with van der Waals surface area (Å²) in [5.41, 5.74) is 3.18. The smallest absolute Gasteiger partial charge is 0.123 e. The molecule has 1 N–H and O–H groups in total. The van der Waals surface area contributed by atoms with Gasteiger partial charge >= 0.3 is 0 Å². The van der Waals surface area contributed by atoms with Crippen molar-refractivity contribution in [2.45, 2.75) is 19.5 Å². The molecule has 0 radical (unpaired) electrons. The predicted octanol–water partition coefficient (Wildman–Crippen LogP) is 3.36. The van der Waals surface area contributed by atoms with Gasteiger partial charge in [-0.15, -0.1) is 0 Å². The molecule has 0 saturated carbocycles. The molecule has 0 aliphatic carbocycles. The Morgan fingerprint density at radius 1 is 1.15 bits per heavy atom. The number of aryl methyl sites for hydroxylation is 1. The van der Waals surface area contributed by atoms with Crippen LogP contribution in [0.3, 0.4) is 0 Å². The van der Waals surface area contributed by atoms with E-state index in [0.717, 1.165) is 22.4 Å². The largest absolute Gasteiger partial charge is 0.496 e. The maximum Gasteiger partial charge on any atom is 0.123 e. The molecule has 1 atom stereocenters. The second-order valence-electron chi connectivity index (χ2n) is 4.61. The molecule has 3 heteroatoms. The minimum Gasteiger partial charge on any atom is -0.496 e. The lowest BCUT2D eigenvalue weighted by Crippen LogP contribution is -2.20. The molecule has 0 saturated heterocycles. The van der Waals surface area contributed by atoms with Crippen molar-refractivity contribution >= 4 is 0 Å². The lowest BCUT2D eigenvalue weighted by Gasteiger charge is -2.15. The van der Waals surface area contributed by atoms with Gasteiger partial charge in [0, 0.05) is 12.1 Å². The van der Waals surface area contributed by atoms with Gasteiger partial charge in [0.15, 0.2) is 0 Å². The van der Waals surface area contributed by atoms with Gasteiger partial charge in [0.1, 0.15) is 11.8 Å². The molecule has 2 rings (SSSR count). The number of hydrogen-bond acceptors (Lipinski definition) is 3. The van der Waals surface area contributed by atoms with Crippen LogP contribution in [0.1, 0.15) is 22.7 Å².